The molecule has 1 aliphatic heterocycles. The van der Waals surface area contributed by atoms with Gasteiger partial charge in [-0.1, -0.05) is 13.8 Å². The van der Waals surface area contributed by atoms with E-state index in [0.29, 0.717) is 11.8 Å². The third-order valence-electron chi connectivity index (χ3n) is 2.80. The van der Waals surface area contributed by atoms with Crippen LogP contribution < -0.4 is 10.6 Å². The quantitative estimate of drug-likeness (QED) is 0.900. The molecule has 16 heavy (non-hydrogen) atoms. The van der Waals surface area contributed by atoms with E-state index in [9.17, 15) is 0 Å². The molecule has 0 bridgehead atoms. The average Bonchev–Trinajstić information content (AvgIpc) is 2.72. The normalized spacial score (nSPS) is 21.4. The lowest BCUT2D eigenvalue weighted by Gasteiger charge is -2.30. The summed E-state index contributed by atoms with van der Waals surface area (Å²) in [6.45, 7) is 7.29. The number of hydrogen-bond donors (Lipinski definition) is 1. The fourth-order valence-electron chi connectivity index (χ4n) is 1.93. The summed E-state index contributed by atoms with van der Waals surface area (Å²) < 4.78 is 0. The molecule has 1 aromatic rings. The average molecular weight is 257 g/mol. The molecule has 1 aromatic heterocycles. The van der Waals surface area contributed by atoms with Gasteiger partial charge in [0, 0.05) is 35.5 Å². The van der Waals surface area contributed by atoms with Crippen LogP contribution in [0.4, 0.5) is 5.13 Å². The van der Waals surface area contributed by atoms with E-state index in [1.54, 1.807) is 11.3 Å². The van der Waals surface area contributed by atoms with Gasteiger partial charge in [0.05, 0.1) is 5.69 Å². The van der Waals surface area contributed by atoms with Crippen LogP contribution in [-0.2, 0) is 13.0 Å². The second-order valence-electron chi connectivity index (χ2n) is 4.05. The first-order valence-corrected chi connectivity index (χ1v) is 7.66. The highest BCUT2D eigenvalue weighted by Crippen LogP contribution is 2.30. The van der Waals surface area contributed by atoms with Crippen molar-refractivity contribution in [1.29, 1.82) is 0 Å². The Balaban J connectivity index is 2.16. The maximum absolute atomic E-state index is 5.74. The second kappa shape index (κ2) is 5.38. The molecule has 0 aromatic carbocycles. The van der Waals surface area contributed by atoms with Crippen molar-refractivity contribution >= 4 is 28.2 Å². The Labute approximate surface area is 105 Å². The second-order valence-corrected chi connectivity index (χ2v) is 6.66. The summed E-state index contributed by atoms with van der Waals surface area (Å²) in [5, 5.41) is 1.88. The van der Waals surface area contributed by atoms with E-state index in [-0.39, 0.29) is 0 Å². The Kier molecular flexibility index (Phi) is 4.10. The van der Waals surface area contributed by atoms with Gasteiger partial charge < -0.3 is 10.6 Å². The van der Waals surface area contributed by atoms with Crippen LogP contribution >= 0.6 is 23.1 Å². The minimum Gasteiger partial charge on any atom is -0.346 e. The largest absolute Gasteiger partial charge is 0.346 e. The monoisotopic (exact) mass is 257 g/mol. The van der Waals surface area contributed by atoms with Crippen molar-refractivity contribution in [1.82, 2.24) is 4.98 Å². The zero-order valence-corrected chi connectivity index (χ0v) is 11.5. The van der Waals surface area contributed by atoms with Gasteiger partial charge in [-0.25, -0.2) is 4.98 Å². The number of thioether (sulfide) groups is 1. The van der Waals surface area contributed by atoms with E-state index in [2.05, 4.69) is 18.7 Å². The maximum atomic E-state index is 5.74. The smallest absolute Gasteiger partial charge is 0.185 e. The van der Waals surface area contributed by atoms with Crippen molar-refractivity contribution in [3.8, 4) is 0 Å². The number of hydrogen-bond acceptors (Lipinski definition) is 5. The van der Waals surface area contributed by atoms with Gasteiger partial charge in [0.1, 0.15) is 0 Å². The van der Waals surface area contributed by atoms with Crippen LogP contribution in [0.3, 0.4) is 0 Å². The van der Waals surface area contributed by atoms with Gasteiger partial charge >= 0.3 is 0 Å². The van der Waals surface area contributed by atoms with Gasteiger partial charge in [-0.15, -0.1) is 11.3 Å². The zero-order chi connectivity index (χ0) is 11.5. The van der Waals surface area contributed by atoms with Gasteiger partial charge in [0.25, 0.3) is 0 Å². The Morgan fingerprint density at radius 2 is 2.38 bits per heavy atom. The standard InChI is InChI=1S/C11H19N3S2/c1-3-9-10(6-12)16-11(13-9)14-4-5-15-8(2)7-14/h8H,3-7,12H2,1-2H3. The van der Waals surface area contributed by atoms with Crippen molar-refractivity contribution in [3.05, 3.63) is 10.6 Å². The summed E-state index contributed by atoms with van der Waals surface area (Å²) in [5.74, 6) is 1.21. The fraction of sp³-hybridized carbons (Fsp3) is 0.727. The van der Waals surface area contributed by atoms with Gasteiger partial charge in [0.2, 0.25) is 0 Å². The molecule has 0 aliphatic carbocycles. The summed E-state index contributed by atoms with van der Waals surface area (Å²) in [5.41, 5.74) is 6.93. The molecular weight excluding hydrogens is 238 g/mol. The molecule has 1 saturated heterocycles. The molecule has 0 amide bonds. The van der Waals surface area contributed by atoms with E-state index in [0.717, 1.165) is 19.5 Å². The summed E-state index contributed by atoms with van der Waals surface area (Å²) in [6.07, 6.45) is 0.987. The molecule has 0 spiro atoms. The predicted molar refractivity (Wildman–Crippen MR) is 73.5 cm³/mol. The van der Waals surface area contributed by atoms with Crippen molar-refractivity contribution in [3.63, 3.8) is 0 Å². The van der Waals surface area contributed by atoms with Crippen LogP contribution in [0.5, 0.6) is 0 Å². The molecule has 0 radical (unpaired) electrons. The van der Waals surface area contributed by atoms with Crippen molar-refractivity contribution < 1.29 is 0 Å². The van der Waals surface area contributed by atoms with Crippen LogP contribution in [-0.4, -0.2) is 29.1 Å². The van der Waals surface area contributed by atoms with Crippen molar-refractivity contribution in [2.75, 3.05) is 23.7 Å². The molecule has 1 aliphatic rings. The Hall–Kier alpha value is -0.260. The number of nitrogens with two attached hydrogens (primary N) is 1. The highest BCUT2D eigenvalue weighted by Gasteiger charge is 2.20. The SMILES string of the molecule is CCc1nc(N2CCSC(C)C2)sc1CN. The number of nitrogens with zero attached hydrogens (tertiary/aromatic N) is 2. The molecule has 1 unspecified atom stereocenters. The van der Waals surface area contributed by atoms with Crippen LogP contribution in [0, 0.1) is 0 Å². The number of anilines is 1. The summed E-state index contributed by atoms with van der Waals surface area (Å²) >= 11 is 3.82. The molecule has 5 heteroatoms. The molecule has 1 fully saturated rings. The first-order chi connectivity index (χ1) is 7.74. The molecule has 3 nitrogen and oxygen atoms in total. The van der Waals surface area contributed by atoms with Crippen LogP contribution in [0.25, 0.3) is 0 Å². The van der Waals surface area contributed by atoms with Gasteiger partial charge in [-0.3, -0.25) is 0 Å². The van der Waals surface area contributed by atoms with Crippen LogP contribution in [0.2, 0.25) is 0 Å². The highest BCUT2D eigenvalue weighted by molar-refractivity contribution is 8.00. The van der Waals surface area contributed by atoms with Gasteiger partial charge in [-0.05, 0) is 6.42 Å². The Bertz CT molecular complexity index is 329. The Morgan fingerprint density at radius 1 is 1.56 bits per heavy atom. The molecule has 0 saturated carbocycles. The number of aromatic nitrogens is 1. The molecular formula is C11H19N3S2. The first kappa shape index (κ1) is 12.2. The van der Waals surface area contributed by atoms with E-state index in [1.807, 2.05) is 11.8 Å². The van der Waals surface area contributed by atoms with E-state index < -0.39 is 0 Å². The van der Waals surface area contributed by atoms with Gasteiger partial charge in [-0.2, -0.15) is 11.8 Å². The summed E-state index contributed by atoms with van der Waals surface area (Å²) in [6, 6.07) is 0. The van der Waals surface area contributed by atoms with E-state index in [4.69, 9.17) is 10.7 Å². The molecule has 1 atom stereocenters. The topological polar surface area (TPSA) is 42.2 Å². The third kappa shape index (κ3) is 2.52. The summed E-state index contributed by atoms with van der Waals surface area (Å²) in [7, 11) is 0. The zero-order valence-electron chi connectivity index (χ0n) is 9.90. The number of rotatable bonds is 3. The lowest BCUT2D eigenvalue weighted by atomic mass is 10.3. The third-order valence-corrected chi connectivity index (χ3v) is 5.12. The Morgan fingerprint density at radius 3 is 2.94 bits per heavy atom. The minimum atomic E-state index is 0.624. The highest BCUT2D eigenvalue weighted by atomic mass is 32.2. The lowest BCUT2D eigenvalue weighted by Crippen LogP contribution is -2.36. The van der Waals surface area contributed by atoms with E-state index in [1.165, 1.54) is 21.5 Å². The van der Waals surface area contributed by atoms with Crippen molar-refractivity contribution in [2.45, 2.75) is 32.1 Å². The molecule has 90 valence electrons. The first-order valence-electron chi connectivity index (χ1n) is 5.79. The lowest BCUT2D eigenvalue weighted by molar-refractivity contribution is 0.776. The van der Waals surface area contributed by atoms with Gasteiger partial charge in [0.15, 0.2) is 5.13 Å². The fourth-order valence-corrected chi connectivity index (χ4v) is 4.01. The van der Waals surface area contributed by atoms with Crippen LogP contribution in [0.1, 0.15) is 24.4 Å². The maximum Gasteiger partial charge on any atom is 0.185 e. The summed E-state index contributed by atoms with van der Waals surface area (Å²) in [4.78, 5) is 8.37. The molecule has 2 N–H and O–H groups in total. The van der Waals surface area contributed by atoms with E-state index >= 15 is 0 Å². The predicted octanol–water partition coefficient (Wildman–Crippen LogP) is 2.11. The molecule has 2 rings (SSSR count). The van der Waals surface area contributed by atoms with Crippen LogP contribution in [0.15, 0.2) is 0 Å². The number of aryl methyl sites for hydroxylation is 1. The van der Waals surface area contributed by atoms with Crippen molar-refractivity contribution in [2.24, 2.45) is 5.73 Å². The number of thiazole rings is 1. The minimum absolute atomic E-state index is 0.624. The molecule has 2 heterocycles.